The molecule has 0 saturated carbocycles. The molecule has 0 aromatic heterocycles. The van der Waals surface area contributed by atoms with E-state index in [0.717, 1.165) is 37.6 Å². The molecule has 1 heterocycles. The highest BCUT2D eigenvalue weighted by Gasteiger charge is 2.25. The van der Waals surface area contributed by atoms with Crippen molar-refractivity contribution in [2.24, 2.45) is 22.6 Å². The molecule has 7 heteroatoms. The van der Waals surface area contributed by atoms with Crippen LogP contribution in [0.5, 0.6) is 0 Å². The summed E-state index contributed by atoms with van der Waals surface area (Å²) in [5.74, 6) is 0.0922. The number of rotatable bonds is 10. The van der Waals surface area contributed by atoms with Crippen LogP contribution in [0.15, 0.2) is 59.6 Å². The van der Waals surface area contributed by atoms with Crippen molar-refractivity contribution in [1.29, 1.82) is 0 Å². The number of hydrogen-bond acceptors (Lipinski definition) is 3. The largest absolute Gasteiger partial charge is 0.376 e. The maximum Gasteiger partial charge on any atom is 0.222 e. The fourth-order valence-electron chi connectivity index (χ4n) is 3.86. The molecule has 0 aliphatic carbocycles. The number of ether oxygens (including phenoxy) is 1. The van der Waals surface area contributed by atoms with Gasteiger partial charge in [-0.2, -0.15) is 0 Å². The molecule has 1 saturated heterocycles. The summed E-state index contributed by atoms with van der Waals surface area (Å²) < 4.78 is 19.1. The van der Waals surface area contributed by atoms with Crippen LogP contribution in [-0.2, 0) is 22.6 Å². The normalized spacial score (nSPS) is 17.4. The number of nitrogens with zero attached hydrogens (tertiary/aromatic N) is 2. The highest BCUT2D eigenvalue weighted by molar-refractivity contribution is 5.81. The zero-order chi connectivity index (χ0) is 22.8. The second-order valence-electron chi connectivity index (χ2n) is 8.23. The number of nitrogens with two attached hydrogens (primary N) is 1. The van der Waals surface area contributed by atoms with Gasteiger partial charge in [-0.1, -0.05) is 42.5 Å². The first-order valence-corrected chi connectivity index (χ1v) is 11.2. The molecule has 0 radical (unpaired) electrons. The topological polar surface area (TPSA) is 79.9 Å². The Balaban J connectivity index is 1.53. The summed E-state index contributed by atoms with van der Waals surface area (Å²) in [6.07, 6.45) is 1.47. The van der Waals surface area contributed by atoms with Crippen LogP contribution in [0, 0.1) is 17.7 Å². The first-order chi connectivity index (χ1) is 15.5. The quantitative estimate of drug-likeness (QED) is 0.440. The van der Waals surface area contributed by atoms with E-state index in [-0.39, 0.29) is 5.82 Å². The van der Waals surface area contributed by atoms with Crippen molar-refractivity contribution in [2.75, 3.05) is 32.8 Å². The van der Waals surface area contributed by atoms with Crippen molar-refractivity contribution in [3.63, 3.8) is 0 Å². The number of guanidine groups is 1. The minimum absolute atomic E-state index is 0.292. The summed E-state index contributed by atoms with van der Waals surface area (Å²) >= 11 is 0. The highest BCUT2D eigenvalue weighted by atomic mass is 19.1. The second-order valence-corrected chi connectivity index (χ2v) is 8.23. The van der Waals surface area contributed by atoms with Gasteiger partial charge in [0.25, 0.3) is 0 Å². The average molecular weight is 441 g/mol. The fourth-order valence-corrected chi connectivity index (χ4v) is 3.86. The van der Waals surface area contributed by atoms with E-state index in [2.05, 4.69) is 22.3 Å². The number of aliphatic imine (C=N–C) groups is 1. The SMILES string of the molecule is CCNC(=NCC(Cc1ccc(F)cc1)C(N)=O)N1CCC(COCc2ccccc2)C1. The van der Waals surface area contributed by atoms with E-state index >= 15 is 0 Å². The molecule has 1 aliphatic rings. The van der Waals surface area contributed by atoms with Gasteiger partial charge in [-0.3, -0.25) is 9.79 Å². The monoisotopic (exact) mass is 440 g/mol. The summed E-state index contributed by atoms with van der Waals surface area (Å²) in [6.45, 7) is 6.14. The number of carbonyl (C=O) groups is 1. The maximum atomic E-state index is 13.2. The van der Waals surface area contributed by atoms with Crippen molar-refractivity contribution in [3.05, 3.63) is 71.5 Å². The third-order valence-corrected chi connectivity index (χ3v) is 5.64. The van der Waals surface area contributed by atoms with Crippen molar-refractivity contribution >= 4 is 11.9 Å². The van der Waals surface area contributed by atoms with Gasteiger partial charge in [-0.25, -0.2) is 4.39 Å². The Kier molecular flexibility index (Phi) is 9.04. The molecular formula is C25H33FN4O2. The number of likely N-dealkylation sites (tertiary alicyclic amines) is 1. The van der Waals surface area contributed by atoms with E-state index < -0.39 is 11.8 Å². The second kappa shape index (κ2) is 12.2. The smallest absolute Gasteiger partial charge is 0.222 e. The Morgan fingerprint density at radius 2 is 1.97 bits per heavy atom. The van der Waals surface area contributed by atoms with Gasteiger partial charge in [0.1, 0.15) is 5.82 Å². The number of benzene rings is 2. The zero-order valence-electron chi connectivity index (χ0n) is 18.7. The number of carbonyl (C=O) groups excluding carboxylic acids is 1. The van der Waals surface area contributed by atoms with Crippen LogP contribution in [-0.4, -0.2) is 49.6 Å². The van der Waals surface area contributed by atoms with Gasteiger partial charge in [-0.05, 0) is 43.0 Å². The highest BCUT2D eigenvalue weighted by Crippen LogP contribution is 2.18. The number of halogens is 1. The first kappa shape index (κ1) is 23.7. The minimum Gasteiger partial charge on any atom is -0.376 e. The summed E-state index contributed by atoms with van der Waals surface area (Å²) in [6, 6.07) is 16.3. The lowest BCUT2D eigenvalue weighted by Crippen LogP contribution is -2.41. The number of primary amides is 1. The molecule has 172 valence electrons. The number of amides is 1. The third-order valence-electron chi connectivity index (χ3n) is 5.64. The van der Waals surface area contributed by atoms with Gasteiger partial charge in [0.15, 0.2) is 5.96 Å². The van der Waals surface area contributed by atoms with Crippen LogP contribution in [0.25, 0.3) is 0 Å². The zero-order valence-corrected chi connectivity index (χ0v) is 18.7. The standard InChI is InChI=1S/C25H33FN4O2/c1-2-28-25(29-15-22(24(27)31)14-19-8-10-23(26)11-9-19)30-13-12-21(16-30)18-32-17-20-6-4-3-5-7-20/h3-11,21-22H,2,12-18H2,1H3,(H2,27,31)(H,28,29). The predicted octanol–water partition coefficient (Wildman–Crippen LogP) is 2.97. The Hall–Kier alpha value is -2.93. The molecule has 0 bridgehead atoms. The molecule has 2 aromatic carbocycles. The molecule has 2 unspecified atom stereocenters. The average Bonchev–Trinajstić information content (AvgIpc) is 3.26. The summed E-state index contributed by atoms with van der Waals surface area (Å²) in [5, 5.41) is 3.33. The van der Waals surface area contributed by atoms with Crippen molar-refractivity contribution in [2.45, 2.75) is 26.4 Å². The molecule has 3 rings (SSSR count). The van der Waals surface area contributed by atoms with E-state index in [1.54, 1.807) is 12.1 Å². The molecule has 0 spiro atoms. The van der Waals surface area contributed by atoms with E-state index in [1.165, 1.54) is 17.7 Å². The van der Waals surface area contributed by atoms with Gasteiger partial charge in [-0.15, -0.1) is 0 Å². The summed E-state index contributed by atoms with van der Waals surface area (Å²) in [4.78, 5) is 18.9. The van der Waals surface area contributed by atoms with Gasteiger partial charge in [0.05, 0.1) is 25.7 Å². The van der Waals surface area contributed by atoms with Gasteiger partial charge >= 0.3 is 0 Å². The van der Waals surface area contributed by atoms with Crippen LogP contribution < -0.4 is 11.1 Å². The molecule has 1 fully saturated rings. The van der Waals surface area contributed by atoms with Crippen LogP contribution in [0.2, 0.25) is 0 Å². The number of hydrogen-bond donors (Lipinski definition) is 2. The van der Waals surface area contributed by atoms with E-state index in [0.29, 0.717) is 32.1 Å². The van der Waals surface area contributed by atoms with Crippen molar-refractivity contribution in [1.82, 2.24) is 10.2 Å². The predicted molar refractivity (Wildman–Crippen MR) is 125 cm³/mol. The Morgan fingerprint density at radius 1 is 1.22 bits per heavy atom. The molecule has 2 atom stereocenters. The molecule has 2 aromatic rings. The van der Waals surface area contributed by atoms with Gasteiger partial charge < -0.3 is 20.7 Å². The maximum absolute atomic E-state index is 13.2. The van der Waals surface area contributed by atoms with Crippen LogP contribution >= 0.6 is 0 Å². The lowest BCUT2D eigenvalue weighted by atomic mass is 9.99. The molecule has 1 aliphatic heterocycles. The fraction of sp³-hybridized carbons (Fsp3) is 0.440. The Labute approximate surface area is 189 Å². The lowest BCUT2D eigenvalue weighted by molar-refractivity contribution is -0.121. The number of nitrogens with one attached hydrogen (secondary N) is 1. The Morgan fingerprint density at radius 3 is 2.66 bits per heavy atom. The van der Waals surface area contributed by atoms with E-state index in [9.17, 15) is 9.18 Å². The molecule has 1 amide bonds. The summed E-state index contributed by atoms with van der Waals surface area (Å²) in [7, 11) is 0. The van der Waals surface area contributed by atoms with Gasteiger partial charge in [0, 0.05) is 25.6 Å². The van der Waals surface area contributed by atoms with E-state index in [4.69, 9.17) is 15.5 Å². The molecule has 32 heavy (non-hydrogen) atoms. The molecule has 3 N–H and O–H groups in total. The summed E-state index contributed by atoms with van der Waals surface area (Å²) in [5.41, 5.74) is 7.66. The minimum atomic E-state index is -0.443. The van der Waals surface area contributed by atoms with E-state index in [1.807, 2.05) is 25.1 Å². The van der Waals surface area contributed by atoms with Crippen LogP contribution in [0.3, 0.4) is 0 Å². The Bertz CT molecular complexity index is 873. The van der Waals surface area contributed by atoms with Crippen LogP contribution in [0.4, 0.5) is 4.39 Å². The molecule has 6 nitrogen and oxygen atoms in total. The lowest BCUT2D eigenvalue weighted by Gasteiger charge is -2.22. The van der Waals surface area contributed by atoms with Crippen LogP contribution in [0.1, 0.15) is 24.5 Å². The first-order valence-electron chi connectivity index (χ1n) is 11.2. The van der Waals surface area contributed by atoms with Crippen molar-refractivity contribution in [3.8, 4) is 0 Å². The van der Waals surface area contributed by atoms with Gasteiger partial charge in [0.2, 0.25) is 5.91 Å². The third kappa shape index (κ3) is 7.34. The molecular weight excluding hydrogens is 407 g/mol. The van der Waals surface area contributed by atoms with Crippen molar-refractivity contribution < 1.29 is 13.9 Å².